The van der Waals surface area contributed by atoms with Gasteiger partial charge in [-0.3, -0.25) is 4.90 Å². The van der Waals surface area contributed by atoms with Gasteiger partial charge in [0.1, 0.15) is 34.4 Å². The summed E-state index contributed by atoms with van der Waals surface area (Å²) < 4.78 is 12.4. The number of ether oxygens (including phenoxy) is 1. The Morgan fingerprint density at radius 1 is 1.15 bits per heavy atom. The largest absolute Gasteiger partial charge is 0.491 e. The summed E-state index contributed by atoms with van der Waals surface area (Å²) in [6.07, 6.45) is 0. The van der Waals surface area contributed by atoms with E-state index >= 15 is 0 Å². The van der Waals surface area contributed by atoms with Crippen molar-refractivity contribution >= 4 is 27.3 Å². The van der Waals surface area contributed by atoms with Crippen LogP contribution in [-0.4, -0.2) is 60.1 Å². The predicted octanol–water partition coefficient (Wildman–Crippen LogP) is 4.38. The fraction of sp³-hybridized carbons (Fsp3) is 0.308. The molecule has 1 fully saturated rings. The highest BCUT2D eigenvalue weighted by Crippen LogP contribution is 2.33. The van der Waals surface area contributed by atoms with Crippen molar-refractivity contribution in [3.05, 3.63) is 65.5 Å². The predicted molar refractivity (Wildman–Crippen MR) is 133 cm³/mol. The van der Waals surface area contributed by atoms with E-state index in [1.807, 2.05) is 60.0 Å². The average Bonchev–Trinajstić information content (AvgIpc) is 3.48. The average molecular weight is 475 g/mol. The quantitative estimate of drug-likeness (QED) is 0.425. The lowest BCUT2D eigenvalue weighted by atomic mass is 10.1. The first-order chi connectivity index (χ1) is 16.5. The van der Waals surface area contributed by atoms with E-state index in [0.29, 0.717) is 17.9 Å². The molecule has 5 rings (SSSR count). The van der Waals surface area contributed by atoms with E-state index in [0.717, 1.165) is 53.4 Å². The number of aliphatic hydroxyl groups is 1. The summed E-state index contributed by atoms with van der Waals surface area (Å²) in [4.78, 5) is 4.48. The van der Waals surface area contributed by atoms with Crippen molar-refractivity contribution in [1.82, 2.24) is 10.1 Å². The van der Waals surface area contributed by atoms with E-state index in [4.69, 9.17) is 9.26 Å². The van der Waals surface area contributed by atoms with Crippen LogP contribution in [0.5, 0.6) is 5.75 Å². The zero-order valence-electron chi connectivity index (χ0n) is 19.0. The number of nitrogens with zero attached hydrogens (tertiary/aromatic N) is 4. The molecule has 1 N–H and O–H groups in total. The van der Waals surface area contributed by atoms with E-state index in [-0.39, 0.29) is 6.61 Å². The minimum Gasteiger partial charge on any atom is -0.491 e. The zero-order chi connectivity index (χ0) is 23.5. The first kappa shape index (κ1) is 22.4. The molecule has 1 atom stereocenters. The molecule has 0 bridgehead atoms. The van der Waals surface area contributed by atoms with Gasteiger partial charge < -0.3 is 19.3 Å². The number of thiophene rings is 1. The molecule has 1 saturated heterocycles. The van der Waals surface area contributed by atoms with Crippen LogP contribution in [0.2, 0.25) is 0 Å². The van der Waals surface area contributed by atoms with Crippen LogP contribution < -0.4 is 9.64 Å². The van der Waals surface area contributed by atoms with E-state index in [2.05, 4.69) is 21.0 Å². The first-order valence-electron chi connectivity index (χ1n) is 11.3. The van der Waals surface area contributed by atoms with Gasteiger partial charge in [-0.1, -0.05) is 29.4 Å². The molecule has 0 radical (unpaired) electrons. The Balaban J connectivity index is 1.17. The highest BCUT2D eigenvalue weighted by Gasteiger charge is 2.28. The Morgan fingerprint density at radius 3 is 2.79 bits per heavy atom. The van der Waals surface area contributed by atoms with Gasteiger partial charge in [0.05, 0.1) is 11.3 Å². The molecule has 0 aliphatic carbocycles. The van der Waals surface area contributed by atoms with Crippen LogP contribution in [0.1, 0.15) is 12.5 Å². The monoisotopic (exact) mass is 474 g/mol. The third-order valence-corrected chi connectivity index (χ3v) is 6.94. The Labute approximate surface area is 202 Å². The van der Waals surface area contributed by atoms with Gasteiger partial charge in [0, 0.05) is 38.3 Å². The van der Waals surface area contributed by atoms with Crippen LogP contribution in [0.3, 0.4) is 0 Å². The third kappa shape index (κ3) is 4.77. The molecule has 8 heteroatoms. The molecule has 4 aromatic rings. The molecular formula is C26H26N4O3S. The summed E-state index contributed by atoms with van der Waals surface area (Å²) >= 11 is 1.60. The molecule has 0 saturated carbocycles. The van der Waals surface area contributed by atoms with Crippen LogP contribution in [0.15, 0.2) is 64.5 Å². The molecule has 34 heavy (non-hydrogen) atoms. The second-order valence-electron chi connectivity index (χ2n) is 8.85. The van der Waals surface area contributed by atoms with Crippen LogP contribution in [-0.2, 0) is 0 Å². The van der Waals surface area contributed by atoms with Gasteiger partial charge in [-0.2, -0.15) is 5.26 Å². The smallest absolute Gasteiger partial charge is 0.178 e. The lowest BCUT2D eigenvalue weighted by Crippen LogP contribution is -2.52. The molecular weight excluding hydrogens is 448 g/mol. The Kier molecular flexibility index (Phi) is 6.24. The molecule has 1 aliphatic rings. The van der Waals surface area contributed by atoms with Gasteiger partial charge in [-0.25, -0.2) is 0 Å². The number of nitriles is 1. The fourth-order valence-electron chi connectivity index (χ4n) is 4.35. The highest BCUT2D eigenvalue weighted by molar-refractivity contribution is 7.17. The highest BCUT2D eigenvalue weighted by atomic mass is 32.1. The second kappa shape index (κ2) is 9.47. The molecule has 3 heterocycles. The van der Waals surface area contributed by atoms with Crippen LogP contribution in [0.25, 0.3) is 21.5 Å². The number of β-amino-alcohol motifs (C(OH)–C–C–N with tert-alkyl or cyclic N) is 1. The number of fused-ring (bicyclic) bond motifs is 1. The maximum atomic E-state index is 11.0. The summed E-state index contributed by atoms with van der Waals surface area (Å²) in [5.74, 6) is 0.684. The minimum atomic E-state index is -1.00. The molecule has 2 aromatic carbocycles. The van der Waals surface area contributed by atoms with Gasteiger partial charge in [0.2, 0.25) is 0 Å². The van der Waals surface area contributed by atoms with Gasteiger partial charge in [-0.15, -0.1) is 11.3 Å². The Bertz CT molecular complexity index is 1310. The molecule has 0 spiro atoms. The molecule has 2 aromatic heterocycles. The first-order valence-corrected chi connectivity index (χ1v) is 12.2. The number of benzene rings is 2. The van der Waals surface area contributed by atoms with E-state index in [1.165, 1.54) is 0 Å². The lowest BCUT2D eigenvalue weighted by molar-refractivity contribution is -0.0184. The lowest BCUT2D eigenvalue weighted by Gasteiger charge is -2.39. The number of hydrogen-bond donors (Lipinski definition) is 1. The third-order valence-electron chi connectivity index (χ3n) is 6.04. The number of aromatic nitrogens is 1. The summed E-state index contributed by atoms with van der Waals surface area (Å²) in [7, 11) is 0. The van der Waals surface area contributed by atoms with Crippen molar-refractivity contribution in [3.8, 4) is 23.1 Å². The second-order valence-corrected chi connectivity index (χ2v) is 9.77. The van der Waals surface area contributed by atoms with Crippen molar-refractivity contribution in [2.45, 2.75) is 12.5 Å². The number of piperazine rings is 1. The standard InChI is InChI=1S/C26H26N4O3S/c1-26(31,17-29-10-12-30(13-11-29)22-8-3-2-5-20(22)16-27)18-32-21-7-4-6-19(15-21)24-25-23(33-28-24)9-14-34-25/h2-9,14-15,31H,10-13,17-18H2,1H3/t26-/m0/s1. The van der Waals surface area contributed by atoms with Crippen molar-refractivity contribution < 1.29 is 14.4 Å². The van der Waals surface area contributed by atoms with E-state index < -0.39 is 5.60 Å². The van der Waals surface area contributed by atoms with Crippen molar-refractivity contribution in [3.63, 3.8) is 0 Å². The van der Waals surface area contributed by atoms with Crippen LogP contribution in [0, 0.1) is 11.3 Å². The van der Waals surface area contributed by atoms with Crippen molar-refractivity contribution in [2.75, 3.05) is 44.2 Å². The maximum Gasteiger partial charge on any atom is 0.178 e. The minimum absolute atomic E-state index is 0.182. The van der Waals surface area contributed by atoms with Gasteiger partial charge in [0.15, 0.2) is 5.58 Å². The zero-order valence-corrected chi connectivity index (χ0v) is 19.8. The summed E-state index contributed by atoms with van der Waals surface area (Å²) in [6, 6.07) is 19.6. The molecule has 7 nitrogen and oxygen atoms in total. The molecule has 0 amide bonds. The van der Waals surface area contributed by atoms with Crippen molar-refractivity contribution in [1.29, 1.82) is 5.26 Å². The number of rotatable bonds is 7. The molecule has 1 aliphatic heterocycles. The van der Waals surface area contributed by atoms with Gasteiger partial charge in [0.25, 0.3) is 0 Å². The van der Waals surface area contributed by atoms with Gasteiger partial charge >= 0.3 is 0 Å². The van der Waals surface area contributed by atoms with E-state index in [1.54, 1.807) is 18.3 Å². The maximum absolute atomic E-state index is 11.0. The molecule has 0 unspecified atom stereocenters. The molecule has 174 valence electrons. The Hall–Kier alpha value is -3.38. The van der Waals surface area contributed by atoms with E-state index in [9.17, 15) is 10.4 Å². The number of anilines is 1. The summed E-state index contributed by atoms with van der Waals surface area (Å²) in [6.45, 7) is 5.75. The number of hydrogen-bond acceptors (Lipinski definition) is 8. The topological polar surface area (TPSA) is 85.8 Å². The fourth-order valence-corrected chi connectivity index (χ4v) is 5.17. The normalized spacial score (nSPS) is 16.3. The summed E-state index contributed by atoms with van der Waals surface area (Å²) in [5, 5.41) is 26.6. The van der Waals surface area contributed by atoms with Crippen molar-refractivity contribution in [2.24, 2.45) is 0 Å². The van der Waals surface area contributed by atoms with Gasteiger partial charge in [-0.05, 0) is 42.6 Å². The van der Waals surface area contributed by atoms with Crippen LogP contribution in [0.4, 0.5) is 5.69 Å². The SMILES string of the molecule is C[C@@](O)(COc1cccc(-c2noc3ccsc23)c1)CN1CCN(c2ccccc2C#N)CC1. The number of para-hydroxylation sites is 1. The van der Waals surface area contributed by atoms with Crippen LogP contribution >= 0.6 is 11.3 Å². The summed E-state index contributed by atoms with van der Waals surface area (Å²) in [5.41, 5.74) is 3.18. The Morgan fingerprint density at radius 2 is 1.97 bits per heavy atom.